The average molecular weight is 287 g/mol. The molecule has 0 aliphatic carbocycles. The molecule has 90 valence electrons. The Labute approximate surface area is 105 Å². The first-order chi connectivity index (χ1) is 7.47. The Morgan fingerprint density at radius 1 is 1.44 bits per heavy atom. The zero-order valence-electron chi connectivity index (χ0n) is 10.4. The molecule has 0 aliphatic rings. The Bertz CT molecular complexity index is 426. The van der Waals surface area contributed by atoms with Crippen molar-refractivity contribution in [3.05, 3.63) is 26.3 Å². The van der Waals surface area contributed by atoms with Crippen LogP contribution in [0.25, 0.3) is 0 Å². The molecule has 1 aromatic heterocycles. The third-order valence-electron chi connectivity index (χ3n) is 2.81. The summed E-state index contributed by atoms with van der Waals surface area (Å²) in [6, 6.07) is 0. The molecule has 1 rings (SSSR count). The van der Waals surface area contributed by atoms with Gasteiger partial charge in [-0.05, 0) is 42.1 Å². The van der Waals surface area contributed by atoms with Crippen LogP contribution in [0.5, 0.6) is 0 Å². The van der Waals surface area contributed by atoms with E-state index < -0.39 is 0 Å². The van der Waals surface area contributed by atoms with E-state index in [1.165, 1.54) is 0 Å². The van der Waals surface area contributed by atoms with Crippen molar-refractivity contribution in [3.63, 3.8) is 0 Å². The Balaban J connectivity index is 3.05. The summed E-state index contributed by atoms with van der Waals surface area (Å²) in [7, 11) is 0. The summed E-state index contributed by atoms with van der Waals surface area (Å²) in [5, 5.41) is 0. The Hall–Kier alpha value is -0.640. The molecule has 0 amide bonds. The van der Waals surface area contributed by atoms with E-state index in [9.17, 15) is 4.79 Å². The largest absolute Gasteiger partial charge is 0.348 e. The summed E-state index contributed by atoms with van der Waals surface area (Å²) in [6.45, 7) is 8.89. The first-order valence-electron chi connectivity index (χ1n) is 5.70. The van der Waals surface area contributed by atoms with Crippen LogP contribution in [0.4, 0.5) is 0 Å². The average Bonchev–Trinajstić information content (AvgIpc) is 2.22. The van der Waals surface area contributed by atoms with Gasteiger partial charge in [-0.2, -0.15) is 4.98 Å². The van der Waals surface area contributed by atoms with Gasteiger partial charge in [-0.1, -0.05) is 20.3 Å². The van der Waals surface area contributed by atoms with Gasteiger partial charge in [0.15, 0.2) is 0 Å². The van der Waals surface area contributed by atoms with Gasteiger partial charge in [-0.15, -0.1) is 0 Å². The fourth-order valence-corrected chi connectivity index (χ4v) is 2.19. The predicted molar refractivity (Wildman–Crippen MR) is 69.7 cm³/mol. The minimum absolute atomic E-state index is 0.138. The first-order valence-corrected chi connectivity index (χ1v) is 6.50. The summed E-state index contributed by atoms with van der Waals surface area (Å²) >= 11 is 3.47. The number of hydrogen-bond donors (Lipinski definition) is 0. The van der Waals surface area contributed by atoms with E-state index in [2.05, 4.69) is 34.8 Å². The maximum Gasteiger partial charge on any atom is 0.348 e. The monoisotopic (exact) mass is 286 g/mol. The first kappa shape index (κ1) is 13.4. The van der Waals surface area contributed by atoms with Crippen molar-refractivity contribution in [1.82, 2.24) is 9.55 Å². The molecule has 3 nitrogen and oxygen atoms in total. The third kappa shape index (κ3) is 2.94. The number of aromatic nitrogens is 2. The van der Waals surface area contributed by atoms with Gasteiger partial charge in [0.25, 0.3) is 0 Å². The molecule has 0 radical (unpaired) electrons. The van der Waals surface area contributed by atoms with Gasteiger partial charge in [0.2, 0.25) is 0 Å². The molecular formula is C12H19BrN2O. The van der Waals surface area contributed by atoms with Crippen LogP contribution in [0.3, 0.4) is 0 Å². The Morgan fingerprint density at radius 2 is 2.06 bits per heavy atom. The summed E-state index contributed by atoms with van der Waals surface area (Å²) in [5.41, 5.74) is 1.60. The fraction of sp³-hybridized carbons (Fsp3) is 0.667. The summed E-state index contributed by atoms with van der Waals surface area (Å²) in [4.78, 5) is 15.8. The second-order valence-electron chi connectivity index (χ2n) is 4.38. The smallest absolute Gasteiger partial charge is 0.295 e. The van der Waals surface area contributed by atoms with Gasteiger partial charge in [0.05, 0.1) is 10.2 Å². The maximum atomic E-state index is 11.8. The lowest BCUT2D eigenvalue weighted by Gasteiger charge is -2.16. The van der Waals surface area contributed by atoms with Crippen molar-refractivity contribution in [1.29, 1.82) is 0 Å². The molecule has 0 N–H and O–H groups in total. The van der Waals surface area contributed by atoms with Gasteiger partial charge in [0.1, 0.15) is 0 Å². The lowest BCUT2D eigenvalue weighted by Crippen LogP contribution is -2.28. The van der Waals surface area contributed by atoms with Crippen molar-refractivity contribution in [2.75, 3.05) is 0 Å². The second kappa shape index (κ2) is 5.62. The molecule has 4 heteroatoms. The van der Waals surface area contributed by atoms with Gasteiger partial charge in [0, 0.05) is 12.2 Å². The van der Waals surface area contributed by atoms with Crippen LogP contribution >= 0.6 is 15.9 Å². The highest BCUT2D eigenvalue weighted by molar-refractivity contribution is 9.10. The van der Waals surface area contributed by atoms with E-state index >= 15 is 0 Å². The van der Waals surface area contributed by atoms with Crippen LogP contribution in [-0.4, -0.2) is 9.55 Å². The van der Waals surface area contributed by atoms with Crippen molar-refractivity contribution in [2.45, 2.75) is 47.1 Å². The molecule has 0 spiro atoms. The van der Waals surface area contributed by atoms with Crippen LogP contribution < -0.4 is 5.69 Å². The summed E-state index contributed by atoms with van der Waals surface area (Å²) in [6.07, 6.45) is 2.28. The second-order valence-corrected chi connectivity index (χ2v) is 5.18. The maximum absolute atomic E-state index is 11.8. The molecule has 1 aromatic rings. The van der Waals surface area contributed by atoms with Crippen LogP contribution in [0.2, 0.25) is 0 Å². The molecular weight excluding hydrogens is 268 g/mol. The lowest BCUT2D eigenvalue weighted by molar-refractivity contribution is 0.427. The molecule has 0 saturated carbocycles. The molecule has 16 heavy (non-hydrogen) atoms. The van der Waals surface area contributed by atoms with E-state index in [1.807, 2.05) is 13.8 Å². The minimum Gasteiger partial charge on any atom is -0.295 e. The SMILES string of the molecule is CCCC(C)Cn1c(C)c(Br)c(C)nc1=O. The fourth-order valence-electron chi connectivity index (χ4n) is 1.89. The number of aryl methyl sites for hydroxylation is 1. The standard InChI is InChI=1S/C12H19BrN2O/c1-5-6-8(2)7-15-10(4)11(13)9(3)14-12(15)16/h8H,5-7H2,1-4H3. The van der Waals surface area contributed by atoms with Gasteiger partial charge in [-0.3, -0.25) is 4.57 Å². The minimum atomic E-state index is -0.138. The lowest BCUT2D eigenvalue weighted by atomic mass is 10.1. The molecule has 1 unspecified atom stereocenters. The Kier molecular flexibility index (Phi) is 4.71. The molecule has 0 aliphatic heterocycles. The van der Waals surface area contributed by atoms with Gasteiger partial charge in [-0.25, -0.2) is 4.79 Å². The van der Waals surface area contributed by atoms with Crippen molar-refractivity contribution < 1.29 is 0 Å². The van der Waals surface area contributed by atoms with Crippen LogP contribution in [0.15, 0.2) is 9.27 Å². The van der Waals surface area contributed by atoms with Crippen molar-refractivity contribution >= 4 is 15.9 Å². The Morgan fingerprint density at radius 3 is 2.62 bits per heavy atom. The third-order valence-corrected chi connectivity index (χ3v) is 3.96. The molecule has 0 aromatic carbocycles. The molecule has 0 bridgehead atoms. The topological polar surface area (TPSA) is 34.9 Å². The molecule has 1 atom stereocenters. The van der Waals surface area contributed by atoms with E-state index in [4.69, 9.17) is 0 Å². The van der Waals surface area contributed by atoms with Crippen LogP contribution in [-0.2, 0) is 6.54 Å². The van der Waals surface area contributed by atoms with Gasteiger partial charge < -0.3 is 0 Å². The van der Waals surface area contributed by atoms with Crippen molar-refractivity contribution in [3.8, 4) is 0 Å². The zero-order valence-corrected chi connectivity index (χ0v) is 12.0. The quantitative estimate of drug-likeness (QED) is 0.853. The highest BCUT2D eigenvalue weighted by Gasteiger charge is 2.11. The zero-order chi connectivity index (χ0) is 12.3. The van der Waals surface area contributed by atoms with E-state index in [0.29, 0.717) is 5.92 Å². The van der Waals surface area contributed by atoms with Gasteiger partial charge >= 0.3 is 5.69 Å². The number of hydrogen-bond acceptors (Lipinski definition) is 2. The molecule has 1 heterocycles. The van der Waals surface area contributed by atoms with E-state index in [1.54, 1.807) is 4.57 Å². The summed E-state index contributed by atoms with van der Waals surface area (Å²) in [5.74, 6) is 0.512. The highest BCUT2D eigenvalue weighted by atomic mass is 79.9. The van der Waals surface area contributed by atoms with Crippen LogP contribution in [0, 0.1) is 19.8 Å². The van der Waals surface area contributed by atoms with Crippen LogP contribution in [0.1, 0.15) is 38.1 Å². The predicted octanol–water partition coefficient (Wildman–Crippen LogP) is 3.06. The number of rotatable bonds is 4. The normalized spacial score (nSPS) is 12.8. The molecule has 0 saturated heterocycles. The number of halogens is 1. The summed E-state index contributed by atoms with van der Waals surface area (Å²) < 4.78 is 2.70. The molecule has 0 fully saturated rings. The number of nitrogens with zero attached hydrogens (tertiary/aromatic N) is 2. The van der Waals surface area contributed by atoms with E-state index in [-0.39, 0.29) is 5.69 Å². The van der Waals surface area contributed by atoms with Crippen molar-refractivity contribution in [2.24, 2.45) is 5.92 Å². The van der Waals surface area contributed by atoms with E-state index in [0.717, 1.165) is 35.2 Å². The highest BCUT2D eigenvalue weighted by Crippen LogP contribution is 2.18.